The van der Waals surface area contributed by atoms with E-state index in [0.29, 0.717) is 11.5 Å². The second-order valence-corrected chi connectivity index (χ2v) is 3.84. The number of aliphatic hydroxyl groups is 1. The summed E-state index contributed by atoms with van der Waals surface area (Å²) >= 11 is 1.56. The molecule has 2 heterocycles. The normalized spacial score (nSPS) is 10.4. The summed E-state index contributed by atoms with van der Waals surface area (Å²) in [5.74, 6) is 0.570. The van der Waals surface area contributed by atoms with Gasteiger partial charge in [-0.15, -0.1) is 11.3 Å². The third-order valence-electron chi connectivity index (χ3n) is 1.72. The maximum Gasteiger partial charge on any atom is 0.179 e. The fraction of sp³-hybridized carbons (Fsp3) is 0.222. The van der Waals surface area contributed by atoms with E-state index in [1.165, 1.54) is 0 Å². The highest BCUT2D eigenvalue weighted by atomic mass is 32.1. The van der Waals surface area contributed by atoms with Crippen LogP contribution in [-0.4, -0.2) is 20.1 Å². The van der Waals surface area contributed by atoms with Crippen LogP contribution in [0.1, 0.15) is 10.7 Å². The van der Waals surface area contributed by atoms with Gasteiger partial charge in [-0.2, -0.15) is 0 Å². The minimum absolute atomic E-state index is 0.0708. The molecule has 0 saturated carbocycles. The summed E-state index contributed by atoms with van der Waals surface area (Å²) in [5, 5.41) is 11.8. The van der Waals surface area contributed by atoms with Crippen molar-refractivity contribution in [3.05, 3.63) is 28.3 Å². The van der Waals surface area contributed by atoms with E-state index in [1.807, 2.05) is 12.3 Å². The first-order valence-corrected chi connectivity index (χ1v) is 5.03. The van der Waals surface area contributed by atoms with Crippen molar-refractivity contribution in [3.63, 3.8) is 0 Å². The molecule has 0 aliphatic rings. The van der Waals surface area contributed by atoms with Crippen LogP contribution in [0.2, 0.25) is 0 Å². The van der Waals surface area contributed by atoms with Crippen LogP contribution in [0, 0.1) is 6.92 Å². The van der Waals surface area contributed by atoms with E-state index in [-0.39, 0.29) is 6.61 Å². The summed E-state index contributed by atoms with van der Waals surface area (Å²) in [6.45, 7) is 1.86. The lowest BCUT2D eigenvalue weighted by atomic mass is 10.4. The minimum Gasteiger partial charge on any atom is -0.390 e. The summed E-state index contributed by atoms with van der Waals surface area (Å²) in [5.41, 5.74) is 1.38. The average Bonchev–Trinajstić information content (AvgIpc) is 2.65. The number of aliphatic hydroxyl groups excluding tert-OH is 1. The molecule has 0 aliphatic carbocycles. The number of thiazole rings is 1. The Balaban J connectivity index is 2.41. The molecule has 0 saturated heterocycles. The van der Waals surface area contributed by atoms with Gasteiger partial charge in [-0.05, 0) is 13.0 Å². The van der Waals surface area contributed by atoms with Gasteiger partial charge in [0, 0.05) is 11.6 Å². The number of aromatic nitrogens is 3. The van der Waals surface area contributed by atoms with Crippen LogP contribution in [0.25, 0.3) is 11.5 Å². The molecule has 0 aromatic carbocycles. The Labute approximate surface area is 85.3 Å². The van der Waals surface area contributed by atoms with Crippen molar-refractivity contribution >= 4 is 11.3 Å². The molecule has 0 atom stereocenters. The summed E-state index contributed by atoms with van der Waals surface area (Å²) in [4.78, 5) is 12.5. The number of nitrogens with zero attached hydrogens (tertiary/aromatic N) is 3. The standard InChI is InChI=1S/C9H9N3OS/c1-6-11-8(5-14-6)9-10-3-2-7(4-13)12-9/h2-3,5,13H,4H2,1H3. The fourth-order valence-corrected chi connectivity index (χ4v) is 1.67. The van der Waals surface area contributed by atoms with Gasteiger partial charge >= 0.3 is 0 Å². The van der Waals surface area contributed by atoms with Crippen LogP contribution in [0.15, 0.2) is 17.6 Å². The van der Waals surface area contributed by atoms with Gasteiger partial charge < -0.3 is 5.11 Å². The highest BCUT2D eigenvalue weighted by Crippen LogP contribution is 2.17. The van der Waals surface area contributed by atoms with E-state index in [2.05, 4.69) is 15.0 Å². The smallest absolute Gasteiger partial charge is 0.179 e. The van der Waals surface area contributed by atoms with Gasteiger partial charge in [0.05, 0.1) is 17.3 Å². The largest absolute Gasteiger partial charge is 0.390 e. The second kappa shape index (κ2) is 3.81. The molecule has 5 heteroatoms. The average molecular weight is 207 g/mol. The molecular weight excluding hydrogens is 198 g/mol. The second-order valence-electron chi connectivity index (χ2n) is 2.78. The monoisotopic (exact) mass is 207 g/mol. The lowest BCUT2D eigenvalue weighted by Crippen LogP contribution is -1.94. The predicted molar refractivity (Wildman–Crippen MR) is 53.8 cm³/mol. The Kier molecular flexibility index (Phi) is 2.51. The number of rotatable bonds is 2. The summed E-state index contributed by atoms with van der Waals surface area (Å²) in [6, 6.07) is 1.68. The van der Waals surface area contributed by atoms with Gasteiger partial charge in [0.1, 0.15) is 5.69 Å². The quantitative estimate of drug-likeness (QED) is 0.808. The lowest BCUT2D eigenvalue weighted by molar-refractivity contribution is 0.277. The van der Waals surface area contributed by atoms with Crippen LogP contribution in [0.3, 0.4) is 0 Å². The zero-order valence-corrected chi connectivity index (χ0v) is 8.45. The lowest BCUT2D eigenvalue weighted by Gasteiger charge is -1.97. The van der Waals surface area contributed by atoms with Crippen molar-refractivity contribution in [1.82, 2.24) is 15.0 Å². The van der Waals surface area contributed by atoms with Crippen LogP contribution >= 0.6 is 11.3 Å². The molecule has 0 fully saturated rings. The van der Waals surface area contributed by atoms with E-state index in [4.69, 9.17) is 5.11 Å². The molecule has 0 unspecified atom stereocenters. The molecule has 0 radical (unpaired) electrons. The maximum absolute atomic E-state index is 8.91. The Morgan fingerprint density at radius 3 is 2.93 bits per heavy atom. The Bertz CT molecular complexity index is 441. The van der Waals surface area contributed by atoms with Gasteiger partial charge in [0.15, 0.2) is 5.82 Å². The van der Waals surface area contributed by atoms with Gasteiger partial charge in [0.2, 0.25) is 0 Å². The molecular formula is C9H9N3OS. The van der Waals surface area contributed by atoms with E-state index in [0.717, 1.165) is 10.7 Å². The van der Waals surface area contributed by atoms with E-state index < -0.39 is 0 Å². The van der Waals surface area contributed by atoms with E-state index in [1.54, 1.807) is 23.6 Å². The summed E-state index contributed by atoms with van der Waals surface area (Å²) in [7, 11) is 0. The topological polar surface area (TPSA) is 58.9 Å². The van der Waals surface area contributed by atoms with Crippen LogP contribution < -0.4 is 0 Å². The summed E-state index contributed by atoms with van der Waals surface area (Å²) in [6.07, 6.45) is 1.63. The Morgan fingerprint density at radius 2 is 2.29 bits per heavy atom. The van der Waals surface area contributed by atoms with Gasteiger partial charge in [-0.25, -0.2) is 15.0 Å². The number of hydrogen-bond donors (Lipinski definition) is 1. The van der Waals surface area contributed by atoms with Crippen molar-refractivity contribution in [3.8, 4) is 11.5 Å². The Morgan fingerprint density at radius 1 is 1.43 bits per heavy atom. The maximum atomic E-state index is 8.91. The molecule has 0 aliphatic heterocycles. The van der Waals surface area contributed by atoms with Gasteiger partial charge in [-0.3, -0.25) is 0 Å². The van der Waals surface area contributed by atoms with Crippen molar-refractivity contribution in [1.29, 1.82) is 0 Å². The third kappa shape index (κ3) is 1.78. The molecule has 2 rings (SSSR count). The highest BCUT2D eigenvalue weighted by Gasteiger charge is 2.05. The first-order chi connectivity index (χ1) is 6.79. The van der Waals surface area contributed by atoms with Crippen molar-refractivity contribution in [2.45, 2.75) is 13.5 Å². The minimum atomic E-state index is -0.0708. The zero-order valence-electron chi connectivity index (χ0n) is 7.64. The highest BCUT2D eigenvalue weighted by molar-refractivity contribution is 7.09. The van der Waals surface area contributed by atoms with Crippen molar-refractivity contribution in [2.24, 2.45) is 0 Å². The molecule has 0 bridgehead atoms. The Hall–Kier alpha value is -1.33. The number of aryl methyl sites for hydroxylation is 1. The number of hydrogen-bond acceptors (Lipinski definition) is 5. The first kappa shape index (κ1) is 9.23. The van der Waals surface area contributed by atoms with E-state index in [9.17, 15) is 0 Å². The molecule has 14 heavy (non-hydrogen) atoms. The molecule has 4 nitrogen and oxygen atoms in total. The SMILES string of the molecule is Cc1nc(-c2nccc(CO)n2)cs1. The third-order valence-corrected chi connectivity index (χ3v) is 2.50. The first-order valence-electron chi connectivity index (χ1n) is 4.15. The van der Waals surface area contributed by atoms with Crippen LogP contribution in [-0.2, 0) is 6.61 Å². The molecule has 2 aromatic heterocycles. The molecule has 0 spiro atoms. The van der Waals surface area contributed by atoms with Crippen molar-refractivity contribution < 1.29 is 5.11 Å². The fourth-order valence-electron chi connectivity index (χ4n) is 1.07. The molecule has 1 N–H and O–H groups in total. The predicted octanol–water partition coefficient (Wildman–Crippen LogP) is 1.40. The van der Waals surface area contributed by atoms with Gasteiger partial charge in [0.25, 0.3) is 0 Å². The molecule has 72 valence electrons. The van der Waals surface area contributed by atoms with Crippen LogP contribution in [0.4, 0.5) is 0 Å². The van der Waals surface area contributed by atoms with E-state index >= 15 is 0 Å². The van der Waals surface area contributed by atoms with Crippen molar-refractivity contribution in [2.75, 3.05) is 0 Å². The molecule has 2 aromatic rings. The van der Waals surface area contributed by atoms with Gasteiger partial charge in [-0.1, -0.05) is 0 Å². The van der Waals surface area contributed by atoms with Crippen LogP contribution in [0.5, 0.6) is 0 Å². The molecule has 0 amide bonds. The zero-order chi connectivity index (χ0) is 9.97. The summed E-state index contributed by atoms with van der Waals surface area (Å²) < 4.78 is 0.